The topological polar surface area (TPSA) is 102 Å². The molecule has 0 unspecified atom stereocenters. The molecule has 9 nitrogen and oxygen atoms in total. The van der Waals surface area contributed by atoms with Gasteiger partial charge in [0.2, 0.25) is 6.79 Å². The number of hydrogen-bond donors (Lipinski definition) is 1. The van der Waals surface area contributed by atoms with E-state index < -0.39 is 5.97 Å². The summed E-state index contributed by atoms with van der Waals surface area (Å²) in [6, 6.07) is 9.03. The molecule has 1 N–H and O–H groups in total. The van der Waals surface area contributed by atoms with E-state index in [9.17, 15) is 9.59 Å². The Balaban J connectivity index is 1.83. The second-order valence-corrected chi connectivity index (χ2v) is 7.42. The van der Waals surface area contributed by atoms with Crippen LogP contribution in [0.25, 0.3) is 21.9 Å². The van der Waals surface area contributed by atoms with E-state index >= 15 is 0 Å². The van der Waals surface area contributed by atoms with Gasteiger partial charge in [-0.1, -0.05) is 6.07 Å². The Morgan fingerprint density at radius 2 is 1.70 bits per heavy atom. The number of amides is 1. The fourth-order valence-corrected chi connectivity index (χ4v) is 4.13. The second kappa shape index (κ2) is 8.09. The summed E-state index contributed by atoms with van der Waals surface area (Å²) in [4.78, 5) is 24.8. The van der Waals surface area contributed by atoms with Gasteiger partial charge in [0.05, 0.1) is 19.8 Å². The molecular formula is C24H21NO8. The van der Waals surface area contributed by atoms with Crippen molar-refractivity contribution in [1.82, 2.24) is 5.32 Å². The number of benzene rings is 3. The molecule has 3 aromatic carbocycles. The van der Waals surface area contributed by atoms with Crippen molar-refractivity contribution in [3.63, 3.8) is 0 Å². The molecule has 0 fully saturated rings. The van der Waals surface area contributed by atoms with Gasteiger partial charge >= 0.3 is 5.97 Å². The van der Waals surface area contributed by atoms with Crippen LogP contribution in [-0.2, 0) is 16.1 Å². The van der Waals surface area contributed by atoms with E-state index in [1.165, 1.54) is 21.3 Å². The van der Waals surface area contributed by atoms with Crippen molar-refractivity contribution in [3.8, 4) is 39.9 Å². The van der Waals surface area contributed by atoms with Crippen molar-refractivity contribution in [2.24, 2.45) is 0 Å². The van der Waals surface area contributed by atoms with Crippen LogP contribution >= 0.6 is 0 Å². The Hall–Kier alpha value is -4.14. The highest BCUT2D eigenvalue weighted by Gasteiger charge is 2.33. The van der Waals surface area contributed by atoms with Crippen molar-refractivity contribution < 1.29 is 38.0 Å². The number of rotatable bonds is 6. The van der Waals surface area contributed by atoms with Crippen LogP contribution in [0.1, 0.15) is 15.9 Å². The number of methoxy groups -OCH3 is 2. The second-order valence-electron chi connectivity index (χ2n) is 7.42. The lowest BCUT2D eigenvalue weighted by atomic mass is 9.89. The maximum Gasteiger partial charge on any atom is 0.339 e. The first-order valence-corrected chi connectivity index (χ1v) is 10.2. The third-order valence-electron chi connectivity index (χ3n) is 5.70. The zero-order chi connectivity index (χ0) is 23.1. The van der Waals surface area contributed by atoms with Gasteiger partial charge in [0.15, 0.2) is 29.6 Å². The average molecular weight is 451 g/mol. The Bertz CT molecular complexity index is 1300. The molecule has 3 aromatic rings. The van der Waals surface area contributed by atoms with Gasteiger partial charge in [-0.25, -0.2) is 4.79 Å². The highest BCUT2D eigenvalue weighted by molar-refractivity contribution is 6.14. The number of carbonyl (C=O) groups is 2. The molecule has 2 aliphatic rings. The Kier molecular flexibility index (Phi) is 5.08. The van der Waals surface area contributed by atoms with E-state index in [1.54, 1.807) is 18.2 Å². The summed E-state index contributed by atoms with van der Waals surface area (Å²) in [5.74, 6) is 1.79. The number of likely N-dealkylation sites (N-methyl/N-ethyl adjacent to an activating group) is 1. The van der Waals surface area contributed by atoms with Crippen LogP contribution in [0.5, 0.6) is 28.7 Å². The summed E-state index contributed by atoms with van der Waals surface area (Å²) in [6.07, 6.45) is 0. The molecule has 0 radical (unpaired) electrons. The molecule has 33 heavy (non-hydrogen) atoms. The van der Waals surface area contributed by atoms with Crippen LogP contribution < -0.4 is 29.0 Å². The van der Waals surface area contributed by atoms with Crippen LogP contribution in [0.15, 0.2) is 30.3 Å². The fraction of sp³-hybridized carbons (Fsp3) is 0.250. The van der Waals surface area contributed by atoms with Crippen LogP contribution in [0.4, 0.5) is 0 Å². The van der Waals surface area contributed by atoms with Crippen molar-refractivity contribution >= 4 is 22.6 Å². The molecule has 5 rings (SSSR count). The normalized spacial score (nSPS) is 13.5. The minimum Gasteiger partial charge on any atom is -0.493 e. The van der Waals surface area contributed by atoms with Gasteiger partial charge in [0.1, 0.15) is 12.4 Å². The summed E-state index contributed by atoms with van der Waals surface area (Å²) < 4.78 is 33.3. The maximum absolute atomic E-state index is 12.9. The molecular weight excluding hydrogens is 430 g/mol. The van der Waals surface area contributed by atoms with E-state index in [1.807, 2.05) is 12.1 Å². The van der Waals surface area contributed by atoms with Crippen molar-refractivity contribution in [2.45, 2.75) is 6.61 Å². The third kappa shape index (κ3) is 3.32. The van der Waals surface area contributed by atoms with Gasteiger partial charge < -0.3 is 33.7 Å². The van der Waals surface area contributed by atoms with Crippen LogP contribution in [0.3, 0.4) is 0 Å². The van der Waals surface area contributed by atoms with Crippen LogP contribution in [0.2, 0.25) is 0 Å². The van der Waals surface area contributed by atoms with Crippen LogP contribution in [0, 0.1) is 0 Å². The van der Waals surface area contributed by atoms with E-state index in [2.05, 4.69) is 5.32 Å². The summed E-state index contributed by atoms with van der Waals surface area (Å²) in [7, 11) is 4.60. The summed E-state index contributed by atoms with van der Waals surface area (Å²) in [5, 5.41) is 3.86. The standard InChI is InChI=1S/C24H21NO8/c1-25-20(26)10-30-23-14-8-18(29-3)17(28-2)7-13(14)21(22-15(23)9-31-24(22)27)12-4-5-16-19(6-12)33-11-32-16/h4-8H,9-11H2,1-3H3,(H,25,26). The van der Waals surface area contributed by atoms with Gasteiger partial charge in [0.25, 0.3) is 5.91 Å². The molecule has 0 aromatic heterocycles. The molecule has 0 spiro atoms. The van der Waals surface area contributed by atoms with Gasteiger partial charge in [0, 0.05) is 23.6 Å². The van der Waals surface area contributed by atoms with E-state index in [4.69, 9.17) is 28.4 Å². The minimum absolute atomic E-state index is 0.0269. The quantitative estimate of drug-likeness (QED) is 0.571. The number of nitrogens with one attached hydrogen (secondary N) is 1. The number of hydrogen-bond acceptors (Lipinski definition) is 8. The first-order valence-electron chi connectivity index (χ1n) is 10.2. The minimum atomic E-state index is -0.473. The fourth-order valence-electron chi connectivity index (χ4n) is 4.13. The van der Waals surface area contributed by atoms with Crippen molar-refractivity contribution in [1.29, 1.82) is 0 Å². The highest BCUT2D eigenvalue weighted by atomic mass is 16.7. The largest absolute Gasteiger partial charge is 0.493 e. The molecule has 1 amide bonds. The zero-order valence-corrected chi connectivity index (χ0v) is 18.3. The molecule has 0 saturated heterocycles. The van der Waals surface area contributed by atoms with Gasteiger partial charge in [-0.15, -0.1) is 0 Å². The van der Waals surface area contributed by atoms with Crippen molar-refractivity contribution in [3.05, 3.63) is 41.5 Å². The average Bonchev–Trinajstić information content (AvgIpc) is 3.46. The van der Waals surface area contributed by atoms with Gasteiger partial charge in [-0.05, 0) is 35.2 Å². The molecule has 2 heterocycles. The Morgan fingerprint density at radius 1 is 0.970 bits per heavy atom. The first-order chi connectivity index (χ1) is 16.0. The number of cyclic esters (lactones) is 1. The van der Waals surface area contributed by atoms with Gasteiger partial charge in [-0.3, -0.25) is 4.79 Å². The highest BCUT2D eigenvalue weighted by Crippen LogP contribution is 2.49. The molecule has 0 saturated carbocycles. The van der Waals surface area contributed by atoms with Crippen molar-refractivity contribution in [2.75, 3.05) is 34.7 Å². The number of carbonyl (C=O) groups excluding carboxylic acids is 2. The Labute approximate surface area is 189 Å². The smallest absolute Gasteiger partial charge is 0.339 e. The lowest BCUT2D eigenvalue weighted by Crippen LogP contribution is -2.25. The summed E-state index contributed by atoms with van der Waals surface area (Å²) in [5.41, 5.74) is 2.33. The van der Waals surface area contributed by atoms with Gasteiger partial charge in [-0.2, -0.15) is 0 Å². The number of ether oxygens (including phenoxy) is 6. The lowest BCUT2D eigenvalue weighted by Gasteiger charge is -2.19. The van der Waals surface area contributed by atoms with E-state index in [0.717, 1.165) is 5.56 Å². The van der Waals surface area contributed by atoms with E-state index in [-0.39, 0.29) is 25.9 Å². The first kappa shape index (κ1) is 20.7. The Morgan fingerprint density at radius 3 is 2.42 bits per heavy atom. The predicted octanol–water partition coefficient (Wildman–Crippen LogP) is 3.05. The molecule has 9 heteroatoms. The monoisotopic (exact) mass is 451 g/mol. The number of esters is 1. The maximum atomic E-state index is 12.9. The lowest BCUT2D eigenvalue weighted by molar-refractivity contribution is -0.122. The molecule has 0 bridgehead atoms. The molecule has 0 aliphatic carbocycles. The predicted molar refractivity (Wildman–Crippen MR) is 117 cm³/mol. The summed E-state index contributed by atoms with van der Waals surface area (Å²) >= 11 is 0. The van der Waals surface area contributed by atoms with Crippen LogP contribution in [-0.4, -0.2) is 46.5 Å². The molecule has 0 atom stereocenters. The zero-order valence-electron chi connectivity index (χ0n) is 18.3. The number of fused-ring (bicyclic) bond motifs is 3. The van der Waals surface area contributed by atoms with E-state index in [0.29, 0.717) is 56.2 Å². The SMILES string of the molecule is CNC(=O)COc1c2c(c(-c3ccc4c(c3)OCO4)c3cc(OC)c(OC)cc13)C(=O)OC2. The summed E-state index contributed by atoms with van der Waals surface area (Å²) in [6.45, 7) is -0.0556. The third-order valence-corrected chi connectivity index (χ3v) is 5.70. The molecule has 170 valence electrons. The molecule has 2 aliphatic heterocycles.